The zero-order chi connectivity index (χ0) is 13.5. The van der Waals surface area contributed by atoms with Crippen LogP contribution in [0.1, 0.15) is 58.3 Å². The molecule has 3 N–H and O–H groups in total. The molecule has 0 aromatic carbocycles. The van der Waals surface area contributed by atoms with Crippen LogP contribution in [0.4, 0.5) is 0 Å². The molecule has 3 heteroatoms. The Hall–Kier alpha value is -0.120. The average molecular weight is 266 g/mol. The maximum absolute atomic E-state index is 11.5. The first-order valence-corrected chi connectivity index (χ1v) is 8.32. The Bertz CT molecular complexity index is 335. The van der Waals surface area contributed by atoms with E-state index in [9.17, 15) is 5.11 Å². The molecule has 3 rings (SSSR count). The zero-order valence-corrected chi connectivity index (χ0v) is 12.4. The minimum atomic E-state index is -0.508. The first-order valence-electron chi connectivity index (χ1n) is 8.32. The Morgan fingerprint density at radius 2 is 2.05 bits per heavy atom. The second kappa shape index (κ2) is 5.01. The van der Waals surface area contributed by atoms with Crippen LogP contribution < -0.4 is 5.73 Å². The lowest BCUT2D eigenvalue weighted by molar-refractivity contribution is -0.122. The van der Waals surface area contributed by atoms with Gasteiger partial charge in [-0.25, -0.2) is 0 Å². The third-order valence-electron chi connectivity index (χ3n) is 6.53. The predicted octanol–water partition coefficient (Wildman–Crippen LogP) is 2.13. The van der Waals surface area contributed by atoms with Crippen molar-refractivity contribution in [1.82, 2.24) is 4.90 Å². The SMILES string of the molecule is CCC1CCCC(CN)(C2(O)CCN3CCCC32)C1. The normalized spacial score (nSPS) is 47.5. The Kier molecular flexibility index (Phi) is 3.65. The van der Waals surface area contributed by atoms with Crippen molar-refractivity contribution in [3.63, 3.8) is 0 Å². The molecule has 0 radical (unpaired) electrons. The van der Waals surface area contributed by atoms with Crippen molar-refractivity contribution in [3.05, 3.63) is 0 Å². The summed E-state index contributed by atoms with van der Waals surface area (Å²) in [5.74, 6) is 0.775. The van der Waals surface area contributed by atoms with Gasteiger partial charge < -0.3 is 10.8 Å². The summed E-state index contributed by atoms with van der Waals surface area (Å²) in [6.45, 7) is 5.23. The fraction of sp³-hybridized carbons (Fsp3) is 1.00. The van der Waals surface area contributed by atoms with Crippen LogP contribution in [0.25, 0.3) is 0 Å². The predicted molar refractivity (Wildman–Crippen MR) is 77.9 cm³/mol. The van der Waals surface area contributed by atoms with E-state index in [2.05, 4.69) is 11.8 Å². The van der Waals surface area contributed by atoms with E-state index in [4.69, 9.17) is 5.73 Å². The molecule has 0 bridgehead atoms. The van der Waals surface area contributed by atoms with Gasteiger partial charge in [0.2, 0.25) is 0 Å². The molecule has 4 unspecified atom stereocenters. The van der Waals surface area contributed by atoms with Gasteiger partial charge in [-0.3, -0.25) is 4.90 Å². The van der Waals surface area contributed by atoms with E-state index in [1.807, 2.05) is 0 Å². The molecule has 1 saturated carbocycles. The molecule has 2 heterocycles. The van der Waals surface area contributed by atoms with E-state index in [0.717, 1.165) is 31.7 Å². The van der Waals surface area contributed by atoms with Crippen LogP contribution in [0.3, 0.4) is 0 Å². The summed E-state index contributed by atoms with van der Waals surface area (Å²) >= 11 is 0. The first-order chi connectivity index (χ1) is 9.15. The molecule has 0 amide bonds. The number of nitrogens with two attached hydrogens (primary N) is 1. The molecule has 4 atom stereocenters. The average Bonchev–Trinajstić information content (AvgIpc) is 3.04. The van der Waals surface area contributed by atoms with Crippen molar-refractivity contribution >= 4 is 0 Å². The fourth-order valence-electron chi connectivity index (χ4n) is 5.32. The van der Waals surface area contributed by atoms with E-state index < -0.39 is 5.60 Å². The van der Waals surface area contributed by atoms with Crippen LogP contribution in [0.15, 0.2) is 0 Å². The summed E-state index contributed by atoms with van der Waals surface area (Å²) in [7, 11) is 0. The molecule has 2 saturated heterocycles. The summed E-state index contributed by atoms with van der Waals surface area (Å²) < 4.78 is 0. The highest BCUT2D eigenvalue weighted by atomic mass is 16.3. The molecular formula is C16H30N2O. The van der Waals surface area contributed by atoms with Gasteiger partial charge in [0, 0.05) is 24.5 Å². The van der Waals surface area contributed by atoms with Crippen LogP contribution >= 0.6 is 0 Å². The molecule has 0 aromatic rings. The highest BCUT2D eigenvalue weighted by molar-refractivity contribution is 5.13. The maximum Gasteiger partial charge on any atom is 0.0882 e. The summed E-state index contributed by atoms with van der Waals surface area (Å²) in [4.78, 5) is 2.52. The van der Waals surface area contributed by atoms with E-state index in [-0.39, 0.29) is 5.41 Å². The van der Waals surface area contributed by atoms with Gasteiger partial charge in [-0.15, -0.1) is 0 Å². The van der Waals surface area contributed by atoms with E-state index >= 15 is 0 Å². The van der Waals surface area contributed by atoms with Crippen LogP contribution in [-0.2, 0) is 0 Å². The molecular weight excluding hydrogens is 236 g/mol. The van der Waals surface area contributed by atoms with E-state index in [1.165, 1.54) is 38.6 Å². The van der Waals surface area contributed by atoms with Crippen molar-refractivity contribution in [2.75, 3.05) is 19.6 Å². The van der Waals surface area contributed by atoms with Crippen molar-refractivity contribution in [1.29, 1.82) is 0 Å². The van der Waals surface area contributed by atoms with Gasteiger partial charge in [-0.05, 0) is 44.6 Å². The molecule has 110 valence electrons. The topological polar surface area (TPSA) is 49.5 Å². The van der Waals surface area contributed by atoms with E-state index in [0.29, 0.717) is 12.6 Å². The minimum absolute atomic E-state index is 0.00428. The standard InChI is InChI=1S/C16H30N2O/c1-2-13-5-3-7-15(11-13,12-17)16(19)8-10-18-9-4-6-14(16)18/h13-14,19H,2-12,17H2,1H3. The first kappa shape index (κ1) is 13.8. The molecule has 3 fully saturated rings. The number of fused-ring (bicyclic) bond motifs is 1. The number of aliphatic hydroxyl groups is 1. The van der Waals surface area contributed by atoms with Crippen LogP contribution in [0.2, 0.25) is 0 Å². The van der Waals surface area contributed by atoms with Gasteiger partial charge in [0.05, 0.1) is 5.60 Å². The molecule has 0 spiro atoms. The summed E-state index contributed by atoms with van der Waals surface area (Å²) in [6.07, 6.45) is 9.51. The lowest BCUT2D eigenvalue weighted by Crippen LogP contribution is -2.59. The summed E-state index contributed by atoms with van der Waals surface area (Å²) in [5.41, 5.74) is 5.71. The third kappa shape index (κ3) is 1.97. The van der Waals surface area contributed by atoms with Crippen LogP contribution in [0, 0.1) is 11.3 Å². The molecule has 0 aromatic heterocycles. The summed E-state index contributed by atoms with van der Waals surface area (Å²) in [6, 6.07) is 0.395. The van der Waals surface area contributed by atoms with Crippen molar-refractivity contribution in [2.24, 2.45) is 17.1 Å². The number of nitrogens with zero attached hydrogens (tertiary/aromatic N) is 1. The quantitative estimate of drug-likeness (QED) is 0.823. The lowest BCUT2D eigenvalue weighted by atomic mass is 9.57. The molecule has 19 heavy (non-hydrogen) atoms. The zero-order valence-electron chi connectivity index (χ0n) is 12.4. The largest absolute Gasteiger partial charge is 0.388 e. The van der Waals surface area contributed by atoms with Crippen molar-refractivity contribution in [2.45, 2.75) is 69.9 Å². The highest BCUT2D eigenvalue weighted by Gasteiger charge is 2.60. The van der Waals surface area contributed by atoms with Crippen molar-refractivity contribution < 1.29 is 5.11 Å². The molecule has 1 aliphatic carbocycles. The lowest BCUT2D eigenvalue weighted by Gasteiger charge is -2.52. The number of hydrogen-bond donors (Lipinski definition) is 2. The van der Waals surface area contributed by atoms with Gasteiger partial charge in [-0.1, -0.05) is 26.2 Å². The number of rotatable bonds is 3. The Labute approximate surface area is 117 Å². The maximum atomic E-state index is 11.5. The molecule has 3 nitrogen and oxygen atoms in total. The second-order valence-corrected chi connectivity index (χ2v) is 7.22. The monoisotopic (exact) mass is 266 g/mol. The summed E-state index contributed by atoms with van der Waals surface area (Å²) in [5, 5.41) is 11.5. The highest BCUT2D eigenvalue weighted by Crippen LogP contribution is 2.54. The molecule has 2 aliphatic heterocycles. The van der Waals surface area contributed by atoms with Crippen molar-refractivity contribution in [3.8, 4) is 0 Å². The number of hydrogen-bond acceptors (Lipinski definition) is 3. The van der Waals surface area contributed by atoms with Gasteiger partial charge in [-0.2, -0.15) is 0 Å². The third-order valence-corrected chi connectivity index (χ3v) is 6.53. The van der Waals surface area contributed by atoms with Gasteiger partial charge in [0.25, 0.3) is 0 Å². The van der Waals surface area contributed by atoms with Crippen LogP contribution in [-0.4, -0.2) is 41.3 Å². The Morgan fingerprint density at radius 1 is 1.21 bits per heavy atom. The van der Waals surface area contributed by atoms with E-state index in [1.54, 1.807) is 0 Å². The molecule has 3 aliphatic rings. The fourth-order valence-corrected chi connectivity index (χ4v) is 5.32. The smallest absolute Gasteiger partial charge is 0.0882 e. The Balaban J connectivity index is 1.88. The Morgan fingerprint density at radius 3 is 2.79 bits per heavy atom. The van der Waals surface area contributed by atoms with Gasteiger partial charge in [0.15, 0.2) is 0 Å². The second-order valence-electron chi connectivity index (χ2n) is 7.22. The van der Waals surface area contributed by atoms with Gasteiger partial charge in [0.1, 0.15) is 0 Å². The minimum Gasteiger partial charge on any atom is -0.388 e. The van der Waals surface area contributed by atoms with Crippen LogP contribution in [0.5, 0.6) is 0 Å². The van der Waals surface area contributed by atoms with Gasteiger partial charge >= 0.3 is 0 Å².